The average Bonchev–Trinajstić information content (AvgIpc) is 2.24. The van der Waals surface area contributed by atoms with Gasteiger partial charge in [0.1, 0.15) is 5.69 Å². The molecule has 1 heterocycles. The quantitative estimate of drug-likeness (QED) is 0.430. The Morgan fingerprint density at radius 3 is 2.73 bits per heavy atom. The van der Waals surface area contributed by atoms with Gasteiger partial charge in [0.25, 0.3) is 0 Å². The second-order valence-electron chi connectivity index (χ2n) is 2.23. The molecule has 1 aromatic rings. The maximum Gasteiger partial charge on any atom is 0.169 e. The largest absolute Gasteiger partial charge is 0.296 e. The number of rotatable bonds is 1. The summed E-state index contributed by atoms with van der Waals surface area (Å²) in [4.78, 5) is 10.5. The van der Waals surface area contributed by atoms with Crippen molar-refractivity contribution in [2.45, 2.75) is 6.92 Å². The number of nitrogens with zero attached hydrogens (tertiary/aromatic N) is 2. The molecule has 0 atom stereocenters. The summed E-state index contributed by atoms with van der Waals surface area (Å²) in [5.41, 5.74) is 1.77. The van der Waals surface area contributed by atoms with Gasteiger partial charge in [0.2, 0.25) is 0 Å². The Kier molecular flexibility index (Phi) is 1.77. The van der Waals surface area contributed by atoms with Gasteiger partial charge in [-0.15, -0.1) is 6.42 Å². The SMILES string of the molecule is C#Cc1c(C)nn(C)c1C=O. The minimum atomic E-state index is 0.463. The third-order valence-corrected chi connectivity index (χ3v) is 1.52. The average molecular weight is 148 g/mol. The Hall–Kier alpha value is -1.56. The van der Waals surface area contributed by atoms with Crippen LogP contribution in [0.5, 0.6) is 0 Å². The number of aldehydes is 1. The Morgan fingerprint density at radius 2 is 2.36 bits per heavy atom. The smallest absolute Gasteiger partial charge is 0.169 e. The van der Waals surface area contributed by atoms with Crippen LogP contribution in [0, 0.1) is 19.3 Å². The highest BCUT2D eigenvalue weighted by Gasteiger charge is 2.08. The fraction of sp³-hybridized carbons (Fsp3) is 0.250. The lowest BCUT2D eigenvalue weighted by Gasteiger charge is -1.89. The molecule has 0 unspecified atom stereocenters. The fourth-order valence-electron chi connectivity index (χ4n) is 0.990. The summed E-state index contributed by atoms with van der Waals surface area (Å²) in [6.07, 6.45) is 5.90. The Labute approximate surface area is 65.0 Å². The van der Waals surface area contributed by atoms with Gasteiger partial charge in [-0.1, -0.05) is 5.92 Å². The van der Waals surface area contributed by atoms with Crippen LogP contribution in [-0.4, -0.2) is 16.1 Å². The lowest BCUT2D eigenvalue weighted by atomic mass is 10.2. The van der Waals surface area contributed by atoms with E-state index in [9.17, 15) is 4.79 Å². The predicted molar refractivity (Wildman–Crippen MR) is 41.3 cm³/mol. The highest BCUT2D eigenvalue weighted by atomic mass is 16.1. The number of hydrogen-bond donors (Lipinski definition) is 0. The molecule has 0 aliphatic carbocycles. The zero-order valence-corrected chi connectivity index (χ0v) is 6.46. The van der Waals surface area contributed by atoms with E-state index in [-0.39, 0.29) is 0 Å². The molecular weight excluding hydrogens is 140 g/mol. The van der Waals surface area contributed by atoms with Gasteiger partial charge in [0.15, 0.2) is 6.29 Å². The van der Waals surface area contributed by atoms with Crippen LogP contribution in [0.1, 0.15) is 21.7 Å². The van der Waals surface area contributed by atoms with Crippen LogP contribution < -0.4 is 0 Å². The predicted octanol–water partition coefficient (Wildman–Crippen LogP) is 0.522. The van der Waals surface area contributed by atoms with Crippen molar-refractivity contribution in [1.82, 2.24) is 9.78 Å². The molecule has 0 amide bonds. The molecule has 1 aromatic heterocycles. The van der Waals surface area contributed by atoms with Crippen molar-refractivity contribution in [3.63, 3.8) is 0 Å². The van der Waals surface area contributed by atoms with Crippen molar-refractivity contribution >= 4 is 6.29 Å². The van der Waals surface area contributed by atoms with Crippen LogP contribution in [0.15, 0.2) is 0 Å². The van der Waals surface area contributed by atoms with E-state index in [1.165, 1.54) is 4.68 Å². The number of aromatic nitrogens is 2. The van der Waals surface area contributed by atoms with Gasteiger partial charge < -0.3 is 0 Å². The monoisotopic (exact) mass is 148 g/mol. The van der Waals surface area contributed by atoms with Crippen LogP contribution in [0.4, 0.5) is 0 Å². The summed E-state index contributed by atoms with van der Waals surface area (Å²) in [6, 6.07) is 0. The molecule has 0 aromatic carbocycles. The standard InChI is InChI=1S/C8H8N2O/c1-4-7-6(2)9-10(3)8(7)5-11/h1,5H,2-3H3. The minimum absolute atomic E-state index is 0.463. The van der Waals surface area contributed by atoms with Crippen LogP contribution in [-0.2, 0) is 7.05 Å². The van der Waals surface area contributed by atoms with Crippen molar-refractivity contribution in [2.75, 3.05) is 0 Å². The molecule has 0 fully saturated rings. The first kappa shape index (κ1) is 7.55. The maximum atomic E-state index is 10.5. The van der Waals surface area contributed by atoms with Gasteiger partial charge in [0.05, 0.1) is 11.3 Å². The van der Waals surface area contributed by atoms with Crippen molar-refractivity contribution < 1.29 is 4.79 Å². The number of carbonyl (C=O) groups excluding carboxylic acids is 1. The van der Waals surface area contributed by atoms with E-state index in [0.717, 1.165) is 12.0 Å². The van der Waals surface area contributed by atoms with Gasteiger partial charge in [-0.05, 0) is 6.92 Å². The first-order valence-corrected chi connectivity index (χ1v) is 3.16. The van der Waals surface area contributed by atoms with Crippen molar-refractivity contribution in [1.29, 1.82) is 0 Å². The lowest BCUT2D eigenvalue weighted by molar-refractivity contribution is 0.111. The van der Waals surface area contributed by atoms with E-state index in [1.807, 2.05) is 0 Å². The molecule has 0 N–H and O–H groups in total. The lowest BCUT2D eigenvalue weighted by Crippen LogP contribution is -1.96. The summed E-state index contributed by atoms with van der Waals surface area (Å²) >= 11 is 0. The summed E-state index contributed by atoms with van der Waals surface area (Å²) in [7, 11) is 1.69. The van der Waals surface area contributed by atoms with E-state index in [1.54, 1.807) is 14.0 Å². The van der Waals surface area contributed by atoms with Crippen LogP contribution in [0.25, 0.3) is 0 Å². The normalized spacial score (nSPS) is 9.18. The molecule has 0 radical (unpaired) electrons. The molecule has 0 saturated heterocycles. The Balaban J connectivity index is 3.43. The molecule has 0 saturated carbocycles. The zero-order valence-electron chi connectivity index (χ0n) is 6.46. The molecule has 0 aliphatic rings. The second kappa shape index (κ2) is 2.59. The van der Waals surface area contributed by atoms with Gasteiger partial charge >= 0.3 is 0 Å². The summed E-state index contributed by atoms with van der Waals surface area (Å²) in [6.45, 7) is 1.78. The molecule has 1 rings (SSSR count). The number of hydrogen-bond acceptors (Lipinski definition) is 2. The number of aryl methyl sites for hydroxylation is 2. The topological polar surface area (TPSA) is 34.9 Å². The van der Waals surface area contributed by atoms with E-state index < -0.39 is 0 Å². The first-order chi connectivity index (χ1) is 5.20. The number of terminal acetylenes is 1. The maximum absolute atomic E-state index is 10.5. The third kappa shape index (κ3) is 1.03. The van der Waals surface area contributed by atoms with Crippen molar-refractivity contribution in [3.05, 3.63) is 17.0 Å². The van der Waals surface area contributed by atoms with Gasteiger partial charge in [-0.2, -0.15) is 5.10 Å². The molecule has 3 heteroatoms. The summed E-state index contributed by atoms with van der Waals surface area (Å²) < 4.78 is 1.48. The highest BCUT2D eigenvalue weighted by Crippen LogP contribution is 2.08. The third-order valence-electron chi connectivity index (χ3n) is 1.52. The molecule has 0 aliphatic heterocycles. The van der Waals surface area contributed by atoms with Crippen molar-refractivity contribution in [2.24, 2.45) is 7.05 Å². The molecule has 0 bridgehead atoms. The van der Waals surface area contributed by atoms with E-state index >= 15 is 0 Å². The van der Waals surface area contributed by atoms with Crippen molar-refractivity contribution in [3.8, 4) is 12.3 Å². The molecule has 0 spiro atoms. The molecule has 56 valence electrons. The zero-order chi connectivity index (χ0) is 8.43. The summed E-state index contributed by atoms with van der Waals surface area (Å²) in [5, 5.41) is 4.00. The Bertz CT molecular complexity index is 331. The first-order valence-electron chi connectivity index (χ1n) is 3.16. The molecule has 3 nitrogen and oxygen atoms in total. The van der Waals surface area contributed by atoms with Crippen LogP contribution in [0.3, 0.4) is 0 Å². The van der Waals surface area contributed by atoms with Gasteiger partial charge in [-0.3, -0.25) is 9.48 Å². The van der Waals surface area contributed by atoms with Crippen LogP contribution in [0.2, 0.25) is 0 Å². The van der Waals surface area contributed by atoms with E-state index in [0.29, 0.717) is 11.3 Å². The molecule has 11 heavy (non-hydrogen) atoms. The van der Waals surface area contributed by atoms with E-state index in [2.05, 4.69) is 11.0 Å². The fourth-order valence-corrected chi connectivity index (χ4v) is 0.990. The van der Waals surface area contributed by atoms with Gasteiger partial charge in [0, 0.05) is 7.05 Å². The molecular formula is C8H8N2O. The number of carbonyl (C=O) groups is 1. The van der Waals surface area contributed by atoms with Crippen LogP contribution >= 0.6 is 0 Å². The Morgan fingerprint density at radius 1 is 1.73 bits per heavy atom. The van der Waals surface area contributed by atoms with E-state index in [4.69, 9.17) is 6.42 Å². The van der Waals surface area contributed by atoms with Gasteiger partial charge in [-0.25, -0.2) is 0 Å². The highest BCUT2D eigenvalue weighted by molar-refractivity contribution is 5.77. The summed E-state index contributed by atoms with van der Waals surface area (Å²) in [5.74, 6) is 2.42. The second-order valence-corrected chi connectivity index (χ2v) is 2.23. The minimum Gasteiger partial charge on any atom is -0.296 e.